The van der Waals surface area contributed by atoms with E-state index in [9.17, 15) is 9.50 Å². The van der Waals surface area contributed by atoms with Crippen LogP contribution in [0.2, 0.25) is 0 Å². The van der Waals surface area contributed by atoms with Gasteiger partial charge in [-0.05, 0) is 44.0 Å². The van der Waals surface area contributed by atoms with Crippen LogP contribution >= 0.6 is 0 Å². The molecule has 0 aliphatic heterocycles. The fourth-order valence-corrected chi connectivity index (χ4v) is 2.59. The predicted molar refractivity (Wildman–Crippen MR) is 77.4 cm³/mol. The number of aliphatic hydroxyl groups is 1. The van der Waals surface area contributed by atoms with Crippen LogP contribution in [-0.4, -0.2) is 14.9 Å². The summed E-state index contributed by atoms with van der Waals surface area (Å²) in [6, 6.07) is 6.31. The lowest BCUT2D eigenvalue weighted by atomic mass is 10.1. The summed E-state index contributed by atoms with van der Waals surface area (Å²) >= 11 is 0. The minimum absolute atomic E-state index is 0.303. The van der Waals surface area contributed by atoms with Crippen molar-refractivity contribution in [3.05, 3.63) is 53.3 Å². The predicted octanol–water partition coefficient (Wildman–Crippen LogP) is 3.28. The van der Waals surface area contributed by atoms with Crippen LogP contribution in [0.15, 0.2) is 34.9 Å². The van der Waals surface area contributed by atoms with E-state index < -0.39 is 6.10 Å². The summed E-state index contributed by atoms with van der Waals surface area (Å²) in [7, 11) is 1.87. The molecule has 0 saturated heterocycles. The molecule has 2 aromatic heterocycles. The highest BCUT2D eigenvalue weighted by Gasteiger charge is 2.19. The summed E-state index contributed by atoms with van der Waals surface area (Å²) in [5.41, 5.74) is 2.44. The summed E-state index contributed by atoms with van der Waals surface area (Å²) in [4.78, 5) is 0. The number of aliphatic hydroxyl groups excluding tert-OH is 1. The quantitative estimate of drug-likeness (QED) is 0.801. The molecule has 1 N–H and O–H groups in total. The minimum Gasteiger partial charge on any atom is -0.458 e. The van der Waals surface area contributed by atoms with Crippen molar-refractivity contribution >= 4 is 11.0 Å². The van der Waals surface area contributed by atoms with E-state index >= 15 is 0 Å². The Morgan fingerprint density at radius 2 is 2.19 bits per heavy atom. The van der Waals surface area contributed by atoms with Crippen LogP contribution in [0.4, 0.5) is 4.39 Å². The van der Waals surface area contributed by atoms with E-state index in [1.807, 2.05) is 20.0 Å². The Hall–Kier alpha value is -2.14. The van der Waals surface area contributed by atoms with Crippen molar-refractivity contribution in [2.45, 2.75) is 25.9 Å². The summed E-state index contributed by atoms with van der Waals surface area (Å²) in [5, 5.41) is 15.2. The maximum atomic E-state index is 13.3. The van der Waals surface area contributed by atoms with Crippen LogP contribution in [0.5, 0.6) is 0 Å². The number of aromatic nitrogens is 2. The van der Waals surface area contributed by atoms with Gasteiger partial charge in [0.2, 0.25) is 0 Å². The zero-order valence-electron chi connectivity index (χ0n) is 12.0. The smallest absolute Gasteiger partial charge is 0.136 e. The first-order chi connectivity index (χ1) is 10.1. The van der Waals surface area contributed by atoms with Gasteiger partial charge in [-0.25, -0.2) is 4.39 Å². The van der Waals surface area contributed by atoms with Crippen LogP contribution in [0, 0.1) is 12.7 Å². The minimum atomic E-state index is -0.713. The van der Waals surface area contributed by atoms with Crippen molar-refractivity contribution in [1.29, 1.82) is 0 Å². The van der Waals surface area contributed by atoms with Crippen LogP contribution in [0.3, 0.4) is 0 Å². The zero-order valence-corrected chi connectivity index (χ0v) is 12.0. The summed E-state index contributed by atoms with van der Waals surface area (Å²) in [6.45, 7) is 1.84. The Balaban J connectivity index is 1.83. The molecule has 3 rings (SSSR count). The maximum Gasteiger partial charge on any atom is 0.136 e. The SMILES string of the molecule is Cc1c(C(O)CCc2ccnn2C)oc2ccc(F)cc12. The van der Waals surface area contributed by atoms with Gasteiger partial charge in [0.25, 0.3) is 0 Å². The molecule has 0 aliphatic rings. The van der Waals surface area contributed by atoms with Crippen LogP contribution in [-0.2, 0) is 13.5 Å². The average molecular weight is 288 g/mol. The van der Waals surface area contributed by atoms with Gasteiger partial charge in [-0.1, -0.05) is 0 Å². The number of nitrogens with zero attached hydrogens (tertiary/aromatic N) is 2. The second-order valence-electron chi connectivity index (χ2n) is 5.23. The van der Waals surface area contributed by atoms with Crippen LogP contribution in [0.25, 0.3) is 11.0 Å². The molecular formula is C16H17FN2O2. The number of hydrogen-bond donors (Lipinski definition) is 1. The molecule has 1 unspecified atom stereocenters. The maximum absolute atomic E-state index is 13.3. The molecule has 0 amide bonds. The largest absolute Gasteiger partial charge is 0.458 e. The third-order valence-electron chi connectivity index (χ3n) is 3.83. The van der Waals surface area contributed by atoms with Gasteiger partial charge in [0, 0.05) is 29.9 Å². The number of hydrogen-bond acceptors (Lipinski definition) is 3. The van der Waals surface area contributed by atoms with E-state index in [-0.39, 0.29) is 5.82 Å². The fourth-order valence-electron chi connectivity index (χ4n) is 2.59. The van der Waals surface area contributed by atoms with Crippen molar-refractivity contribution in [2.75, 3.05) is 0 Å². The van der Waals surface area contributed by atoms with Gasteiger partial charge in [-0.3, -0.25) is 4.68 Å². The number of rotatable bonds is 4. The van der Waals surface area contributed by atoms with E-state index in [0.29, 0.717) is 29.6 Å². The van der Waals surface area contributed by atoms with E-state index in [4.69, 9.17) is 4.42 Å². The second kappa shape index (κ2) is 5.33. The number of aryl methyl sites for hydroxylation is 3. The van der Waals surface area contributed by atoms with Gasteiger partial charge >= 0.3 is 0 Å². The van der Waals surface area contributed by atoms with Crippen LogP contribution < -0.4 is 0 Å². The highest BCUT2D eigenvalue weighted by atomic mass is 19.1. The van der Waals surface area contributed by atoms with Crippen molar-refractivity contribution in [3.8, 4) is 0 Å². The van der Waals surface area contributed by atoms with Crippen LogP contribution in [0.1, 0.15) is 29.5 Å². The molecule has 1 aromatic carbocycles. The topological polar surface area (TPSA) is 51.2 Å². The molecule has 2 heterocycles. The molecule has 0 spiro atoms. The van der Waals surface area contributed by atoms with Gasteiger partial charge in [0.15, 0.2) is 0 Å². The third-order valence-corrected chi connectivity index (χ3v) is 3.83. The Kier molecular flexibility index (Phi) is 3.51. The van der Waals surface area contributed by atoms with Gasteiger partial charge < -0.3 is 9.52 Å². The van der Waals surface area contributed by atoms with E-state index in [0.717, 1.165) is 11.3 Å². The molecule has 110 valence electrons. The third kappa shape index (κ3) is 2.56. The molecule has 4 nitrogen and oxygen atoms in total. The zero-order chi connectivity index (χ0) is 15.0. The number of fused-ring (bicyclic) bond motifs is 1. The highest BCUT2D eigenvalue weighted by molar-refractivity contribution is 5.82. The summed E-state index contributed by atoms with van der Waals surface area (Å²) in [5.74, 6) is 0.208. The average Bonchev–Trinajstić information content (AvgIpc) is 3.01. The lowest BCUT2D eigenvalue weighted by Gasteiger charge is -2.09. The summed E-state index contributed by atoms with van der Waals surface area (Å²) < 4.78 is 20.8. The summed E-state index contributed by atoms with van der Waals surface area (Å²) in [6.07, 6.45) is 2.25. The fraction of sp³-hybridized carbons (Fsp3) is 0.312. The van der Waals surface area contributed by atoms with E-state index in [2.05, 4.69) is 5.10 Å². The Bertz CT molecular complexity index is 776. The molecule has 0 aliphatic carbocycles. The Morgan fingerprint density at radius 3 is 2.90 bits per heavy atom. The second-order valence-corrected chi connectivity index (χ2v) is 5.23. The standard InChI is InChI=1S/C16H17FN2O2/c1-10-13-9-11(17)3-6-15(13)21-16(10)14(20)5-4-12-7-8-18-19(12)2/h3,6-9,14,20H,4-5H2,1-2H3. The number of benzene rings is 1. The van der Waals surface area contributed by atoms with E-state index in [1.54, 1.807) is 16.9 Å². The van der Waals surface area contributed by atoms with Gasteiger partial charge in [-0.15, -0.1) is 0 Å². The number of furan rings is 1. The first-order valence-corrected chi connectivity index (χ1v) is 6.89. The molecule has 5 heteroatoms. The van der Waals surface area contributed by atoms with Gasteiger partial charge in [-0.2, -0.15) is 5.10 Å². The molecule has 0 fully saturated rings. The normalized spacial score (nSPS) is 13.0. The lowest BCUT2D eigenvalue weighted by Crippen LogP contribution is -2.03. The van der Waals surface area contributed by atoms with Crippen molar-refractivity contribution in [2.24, 2.45) is 7.05 Å². The van der Waals surface area contributed by atoms with E-state index in [1.165, 1.54) is 12.1 Å². The Labute approximate surface area is 121 Å². The lowest BCUT2D eigenvalue weighted by molar-refractivity contribution is 0.141. The number of halogens is 1. The molecule has 0 bridgehead atoms. The molecule has 0 saturated carbocycles. The van der Waals surface area contributed by atoms with Crippen molar-refractivity contribution in [1.82, 2.24) is 9.78 Å². The molecular weight excluding hydrogens is 271 g/mol. The monoisotopic (exact) mass is 288 g/mol. The first kappa shape index (κ1) is 13.8. The van der Waals surface area contributed by atoms with Gasteiger partial charge in [0.1, 0.15) is 23.3 Å². The van der Waals surface area contributed by atoms with Crippen molar-refractivity contribution in [3.63, 3.8) is 0 Å². The first-order valence-electron chi connectivity index (χ1n) is 6.89. The molecule has 3 aromatic rings. The van der Waals surface area contributed by atoms with Crippen molar-refractivity contribution < 1.29 is 13.9 Å². The molecule has 1 atom stereocenters. The molecule has 0 radical (unpaired) electrons. The highest BCUT2D eigenvalue weighted by Crippen LogP contribution is 2.31. The van der Waals surface area contributed by atoms with Gasteiger partial charge in [0.05, 0.1) is 0 Å². The molecule has 21 heavy (non-hydrogen) atoms. The Morgan fingerprint density at radius 1 is 1.38 bits per heavy atom.